The largest absolute Gasteiger partial charge is 0.458 e. The third-order valence-electron chi connectivity index (χ3n) is 3.64. The van der Waals surface area contributed by atoms with E-state index < -0.39 is 10.9 Å². The van der Waals surface area contributed by atoms with Gasteiger partial charge in [0, 0.05) is 29.2 Å². The molecule has 0 spiro atoms. The number of nitro groups is 1. The summed E-state index contributed by atoms with van der Waals surface area (Å²) < 4.78 is 5.18. The molecule has 0 bridgehead atoms. The maximum Gasteiger partial charge on any atom is 0.331 e. The van der Waals surface area contributed by atoms with Crippen molar-refractivity contribution in [2.45, 2.75) is 6.61 Å². The molecule has 2 aromatic carbocycles. The van der Waals surface area contributed by atoms with Crippen molar-refractivity contribution < 1.29 is 14.5 Å². The van der Waals surface area contributed by atoms with Crippen molar-refractivity contribution in [3.8, 4) is 0 Å². The van der Waals surface area contributed by atoms with E-state index in [-0.39, 0.29) is 17.4 Å². The van der Waals surface area contributed by atoms with Gasteiger partial charge in [0.25, 0.3) is 5.69 Å². The molecule has 3 rings (SSSR count). The van der Waals surface area contributed by atoms with Gasteiger partial charge in [-0.25, -0.2) is 9.78 Å². The van der Waals surface area contributed by atoms with Gasteiger partial charge in [-0.2, -0.15) is 0 Å². The highest BCUT2D eigenvalue weighted by molar-refractivity contribution is 6.30. The molecular weight excluding hydrogens is 356 g/mol. The molecule has 0 N–H and O–H groups in total. The minimum atomic E-state index is -0.549. The number of para-hydroxylation sites is 1. The van der Waals surface area contributed by atoms with E-state index in [4.69, 9.17) is 16.3 Å². The van der Waals surface area contributed by atoms with Crippen molar-refractivity contribution >= 4 is 40.2 Å². The zero-order valence-electron chi connectivity index (χ0n) is 13.5. The Hall–Kier alpha value is -3.25. The number of non-ortho nitro benzene ring substituents is 1. The van der Waals surface area contributed by atoms with Crippen molar-refractivity contribution in [1.82, 2.24) is 4.98 Å². The zero-order valence-corrected chi connectivity index (χ0v) is 14.2. The Morgan fingerprint density at radius 2 is 1.92 bits per heavy atom. The van der Waals surface area contributed by atoms with Gasteiger partial charge in [-0.05, 0) is 35.9 Å². The first-order valence-electron chi connectivity index (χ1n) is 7.66. The summed E-state index contributed by atoms with van der Waals surface area (Å²) in [5.74, 6) is -0.549. The van der Waals surface area contributed by atoms with E-state index in [1.165, 1.54) is 24.3 Å². The SMILES string of the molecule is O=C(/C=C/c1ccc([N+](=O)[O-])cc1)OCc1cc2ccccc2nc1Cl. The standard InChI is InChI=1S/C19H13ClN2O4/c20-19-15(11-14-3-1-2-4-17(14)21-19)12-26-18(23)10-7-13-5-8-16(9-6-13)22(24)25/h1-11H,12H2/b10-7+. The maximum atomic E-state index is 11.9. The molecule has 0 amide bonds. The van der Waals surface area contributed by atoms with Crippen molar-refractivity contribution in [3.05, 3.63) is 87.1 Å². The number of ether oxygens (including phenoxy) is 1. The van der Waals surface area contributed by atoms with Crippen molar-refractivity contribution in [2.75, 3.05) is 0 Å². The van der Waals surface area contributed by atoms with Crippen LogP contribution in [0, 0.1) is 10.1 Å². The first kappa shape index (κ1) is 17.6. The minimum Gasteiger partial charge on any atom is -0.458 e. The summed E-state index contributed by atoms with van der Waals surface area (Å²) in [6.07, 6.45) is 2.77. The first-order valence-corrected chi connectivity index (χ1v) is 8.04. The van der Waals surface area contributed by atoms with Gasteiger partial charge in [0.2, 0.25) is 0 Å². The van der Waals surface area contributed by atoms with Crippen LogP contribution in [0.25, 0.3) is 17.0 Å². The second-order valence-corrected chi connectivity index (χ2v) is 5.78. The van der Waals surface area contributed by atoms with Gasteiger partial charge in [-0.3, -0.25) is 10.1 Å². The summed E-state index contributed by atoms with van der Waals surface area (Å²) in [5.41, 5.74) is 2.02. The van der Waals surface area contributed by atoms with E-state index in [1.807, 2.05) is 30.3 Å². The lowest BCUT2D eigenvalue weighted by Gasteiger charge is -2.06. The van der Waals surface area contributed by atoms with E-state index in [0.29, 0.717) is 11.1 Å². The molecule has 0 aliphatic heterocycles. The molecular formula is C19H13ClN2O4. The summed E-state index contributed by atoms with van der Waals surface area (Å²) in [4.78, 5) is 26.3. The Bertz CT molecular complexity index is 1000. The zero-order chi connectivity index (χ0) is 18.5. The van der Waals surface area contributed by atoms with Crippen LogP contribution in [0.2, 0.25) is 5.15 Å². The van der Waals surface area contributed by atoms with Gasteiger partial charge in [0.05, 0.1) is 10.4 Å². The van der Waals surface area contributed by atoms with Crippen molar-refractivity contribution in [2.24, 2.45) is 0 Å². The van der Waals surface area contributed by atoms with E-state index in [9.17, 15) is 14.9 Å². The number of aromatic nitrogens is 1. The van der Waals surface area contributed by atoms with Gasteiger partial charge in [-0.1, -0.05) is 29.8 Å². The maximum absolute atomic E-state index is 11.9. The summed E-state index contributed by atoms with van der Waals surface area (Å²) >= 11 is 6.12. The molecule has 130 valence electrons. The summed E-state index contributed by atoms with van der Waals surface area (Å²) in [5, 5.41) is 11.8. The number of hydrogen-bond donors (Lipinski definition) is 0. The highest BCUT2D eigenvalue weighted by Gasteiger charge is 2.07. The predicted octanol–water partition coefficient (Wildman–Crippen LogP) is 4.55. The fourth-order valence-electron chi connectivity index (χ4n) is 2.31. The Balaban J connectivity index is 1.63. The van der Waals surface area contributed by atoms with Crippen LogP contribution in [-0.2, 0) is 16.1 Å². The number of fused-ring (bicyclic) bond motifs is 1. The molecule has 0 saturated heterocycles. The monoisotopic (exact) mass is 368 g/mol. The van der Waals surface area contributed by atoms with E-state index in [1.54, 1.807) is 12.1 Å². The number of esters is 1. The normalized spacial score (nSPS) is 11.0. The first-order chi connectivity index (χ1) is 12.5. The number of nitrogens with zero attached hydrogens (tertiary/aromatic N) is 2. The van der Waals surface area contributed by atoms with Crippen LogP contribution >= 0.6 is 11.6 Å². The van der Waals surface area contributed by atoms with Gasteiger partial charge >= 0.3 is 5.97 Å². The van der Waals surface area contributed by atoms with Crippen molar-refractivity contribution in [3.63, 3.8) is 0 Å². The number of carbonyl (C=O) groups is 1. The average molecular weight is 369 g/mol. The lowest BCUT2D eigenvalue weighted by molar-refractivity contribution is -0.384. The van der Waals surface area contributed by atoms with E-state index in [2.05, 4.69) is 4.98 Å². The highest BCUT2D eigenvalue weighted by atomic mass is 35.5. The average Bonchev–Trinajstić information content (AvgIpc) is 2.65. The van der Waals surface area contributed by atoms with Crippen LogP contribution in [0.1, 0.15) is 11.1 Å². The molecule has 0 atom stereocenters. The van der Waals surface area contributed by atoms with Crippen molar-refractivity contribution in [1.29, 1.82) is 0 Å². The van der Waals surface area contributed by atoms with Crippen LogP contribution in [0.15, 0.2) is 60.7 Å². The van der Waals surface area contributed by atoms with Gasteiger partial charge in [0.1, 0.15) is 11.8 Å². The fourth-order valence-corrected chi connectivity index (χ4v) is 2.51. The Morgan fingerprint density at radius 3 is 2.65 bits per heavy atom. The summed E-state index contributed by atoms with van der Waals surface area (Å²) in [7, 11) is 0. The highest BCUT2D eigenvalue weighted by Crippen LogP contribution is 2.21. The molecule has 7 heteroatoms. The number of benzene rings is 2. The third-order valence-corrected chi connectivity index (χ3v) is 3.96. The Kier molecular flexibility index (Phi) is 5.24. The second-order valence-electron chi connectivity index (χ2n) is 5.42. The predicted molar refractivity (Wildman–Crippen MR) is 98.7 cm³/mol. The molecule has 0 saturated carbocycles. The molecule has 6 nitrogen and oxygen atoms in total. The molecule has 1 heterocycles. The third kappa shape index (κ3) is 4.23. The van der Waals surface area contributed by atoms with Crippen LogP contribution in [0.3, 0.4) is 0 Å². The Labute approximate surface area is 153 Å². The smallest absolute Gasteiger partial charge is 0.331 e. The van der Waals surface area contributed by atoms with E-state index >= 15 is 0 Å². The lowest BCUT2D eigenvalue weighted by atomic mass is 10.2. The second kappa shape index (κ2) is 7.76. The molecule has 0 radical (unpaired) electrons. The van der Waals surface area contributed by atoms with Gasteiger partial charge in [0.15, 0.2) is 0 Å². The molecule has 0 aliphatic carbocycles. The quantitative estimate of drug-likeness (QED) is 0.217. The lowest BCUT2D eigenvalue weighted by Crippen LogP contribution is -2.02. The molecule has 0 aliphatic rings. The van der Waals surface area contributed by atoms with Crippen LogP contribution < -0.4 is 0 Å². The number of halogens is 1. The molecule has 26 heavy (non-hydrogen) atoms. The van der Waals surface area contributed by atoms with E-state index in [0.717, 1.165) is 10.9 Å². The molecule has 0 fully saturated rings. The summed E-state index contributed by atoms with van der Waals surface area (Å²) in [6, 6.07) is 15.2. The molecule has 1 aromatic heterocycles. The Morgan fingerprint density at radius 1 is 1.19 bits per heavy atom. The number of nitro benzene ring substituents is 1. The molecule has 3 aromatic rings. The van der Waals surface area contributed by atoms with Crippen LogP contribution in [0.4, 0.5) is 5.69 Å². The van der Waals surface area contributed by atoms with Crippen LogP contribution in [-0.4, -0.2) is 15.9 Å². The number of carbonyl (C=O) groups excluding carboxylic acids is 1. The number of hydrogen-bond acceptors (Lipinski definition) is 5. The number of pyridine rings is 1. The van der Waals surface area contributed by atoms with Gasteiger partial charge < -0.3 is 4.74 Å². The summed E-state index contributed by atoms with van der Waals surface area (Å²) in [6.45, 7) is 0.000102. The minimum absolute atomic E-state index is 0.000102. The number of rotatable bonds is 5. The van der Waals surface area contributed by atoms with Gasteiger partial charge in [-0.15, -0.1) is 0 Å². The topological polar surface area (TPSA) is 82.3 Å². The molecule has 0 unspecified atom stereocenters. The van der Waals surface area contributed by atoms with Crippen LogP contribution in [0.5, 0.6) is 0 Å². The fraction of sp³-hybridized carbons (Fsp3) is 0.0526.